The first-order chi connectivity index (χ1) is 8.26. The maximum absolute atomic E-state index is 12.0. The quantitative estimate of drug-likeness (QED) is 0.877. The zero-order chi connectivity index (χ0) is 12.3. The maximum atomic E-state index is 12.0. The van der Waals surface area contributed by atoms with Gasteiger partial charge in [0.05, 0.1) is 12.3 Å². The maximum Gasteiger partial charge on any atom is 0.317 e. The molecule has 1 heterocycles. The van der Waals surface area contributed by atoms with Crippen LogP contribution in [0.25, 0.3) is 0 Å². The Morgan fingerprint density at radius 3 is 3.00 bits per heavy atom. The van der Waals surface area contributed by atoms with E-state index >= 15 is 0 Å². The fourth-order valence-electron chi connectivity index (χ4n) is 2.39. The minimum Gasteiger partial charge on any atom is -0.469 e. The predicted octanol–water partition coefficient (Wildman–Crippen LogP) is 2.71. The third kappa shape index (κ3) is 2.46. The van der Waals surface area contributed by atoms with Crippen LogP contribution in [-0.4, -0.2) is 24.0 Å². The van der Waals surface area contributed by atoms with Gasteiger partial charge in [-0.15, -0.1) is 0 Å². The van der Waals surface area contributed by atoms with Gasteiger partial charge in [-0.1, -0.05) is 0 Å². The molecule has 1 aliphatic rings. The number of furan rings is 1. The van der Waals surface area contributed by atoms with Crippen molar-refractivity contribution < 1.29 is 9.21 Å². The molecule has 1 atom stereocenters. The molecular formula is C13H20N2O2. The van der Waals surface area contributed by atoms with Gasteiger partial charge in [-0.05, 0) is 32.8 Å². The fourth-order valence-corrected chi connectivity index (χ4v) is 2.39. The number of hydrogen-bond donors (Lipinski definition) is 1. The average molecular weight is 236 g/mol. The first kappa shape index (κ1) is 12.0. The van der Waals surface area contributed by atoms with Crippen LogP contribution in [0.1, 0.15) is 44.1 Å². The fraction of sp³-hybridized carbons (Fsp3) is 0.615. The van der Waals surface area contributed by atoms with Crippen LogP contribution < -0.4 is 5.32 Å². The van der Waals surface area contributed by atoms with E-state index in [2.05, 4.69) is 5.32 Å². The zero-order valence-corrected chi connectivity index (χ0v) is 10.5. The predicted molar refractivity (Wildman–Crippen MR) is 65.8 cm³/mol. The van der Waals surface area contributed by atoms with E-state index in [1.165, 1.54) is 0 Å². The first-order valence-electron chi connectivity index (χ1n) is 6.38. The molecule has 0 aromatic carbocycles. The van der Waals surface area contributed by atoms with E-state index in [4.69, 9.17) is 4.42 Å². The SMILES string of the molecule is CCN(CC)C(=O)N[C@@H]1CCCc2occc21. The number of nitrogens with zero attached hydrogens (tertiary/aromatic N) is 1. The number of aryl methyl sites for hydroxylation is 1. The van der Waals surface area contributed by atoms with Crippen LogP contribution in [0.5, 0.6) is 0 Å². The summed E-state index contributed by atoms with van der Waals surface area (Å²) >= 11 is 0. The van der Waals surface area contributed by atoms with Crippen LogP contribution in [0, 0.1) is 0 Å². The van der Waals surface area contributed by atoms with Gasteiger partial charge in [0.2, 0.25) is 0 Å². The summed E-state index contributed by atoms with van der Waals surface area (Å²) in [5.74, 6) is 1.03. The van der Waals surface area contributed by atoms with Crippen LogP contribution in [0.15, 0.2) is 16.7 Å². The average Bonchev–Trinajstić information content (AvgIpc) is 2.80. The van der Waals surface area contributed by atoms with Crippen LogP contribution >= 0.6 is 0 Å². The Morgan fingerprint density at radius 2 is 2.29 bits per heavy atom. The largest absolute Gasteiger partial charge is 0.469 e. The number of fused-ring (bicyclic) bond motifs is 1. The van der Waals surface area contributed by atoms with Crippen molar-refractivity contribution in [2.24, 2.45) is 0 Å². The summed E-state index contributed by atoms with van der Waals surface area (Å²) in [6.45, 7) is 5.47. The Morgan fingerprint density at radius 1 is 1.53 bits per heavy atom. The smallest absolute Gasteiger partial charge is 0.317 e. The van der Waals surface area contributed by atoms with Crippen molar-refractivity contribution in [1.82, 2.24) is 10.2 Å². The van der Waals surface area contributed by atoms with E-state index in [9.17, 15) is 4.79 Å². The molecule has 0 spiro atoms. The van der Waals surface area contributed by atoms with E-state index in [0.717, 1.165) is 43.7 Å². The summed E-state index contributed by atoms with van der Waals surface area (Å²) < 4.78 is 5.42. The molecule has 94 valence electrons. The molecule has 4 heteroatoms. The van der Waals surface area contributed by atoms with Crippen molar-refractivity contribution in [3.63, 3.8) is 0 Å². The van der Waals surface area contributed by atoms with Crippen molar-refractivity contribution in [3.8, 4) is 0 Å². The van der Waals surface area contributed by atoms with Crippen LogP contribution in [0.2, 0.25) is 0 Å². The molecule has 1 aliphatic carbocycles. The number of carbonyl (C=O) groups is 1. The molecule has 0 unspecified atom stereocenters. The molecular weight excluding hydrogens is 216 g/mol. The van der Waals surface area contributed by atoms with E-state index in [1.807, 2.05) is 19.9 Å². The van der Waals surface area contributed by atoms with Gasteiger partial charge >= 0.3 is 6.03 Å². The lowest BCUT2D eigenvalue weighted by atomic mass is 9.93. The summed E-state index contributed by atoms with van der Waals surface area (Å²) in [6.07, 6.45) is 4.77. The Labute approximate surface area is 102 Å². The molecule has 0 radical (unpaired) electrons. The Bertz CT molecular complexity index is 383. The van der Waals surface area contributed by atoms with Gasteiger partial charge in [0, 0.05) is 25.1 Å². The lowest BCUT2D eigenvalue weighted by Gasteiger charge is -2.26. The van der Waals surface area contributed by atoms with E-state index in [-0.39, 0.29) is 12.1 Å². The monoisotopic (exact) mass is 236 g/mol. The van der Waals surface area contributed by atoms with Gasteiger partial charge in [0.1, 0.15) is 5.76 Å². The lowest BCUT2D eigenvalue weighted by molar-refractivity contribution is 0.197. The third-order valence-corrected chi connectivity index (χ3v) is 3.40. The number of amides is 2. The van der Waals surface area contributed by atoms with E-state index in [1.54, 1.807) is 11.2 Å². The van der Waals surface area contributed by atoms with Crippen molar-refractivity contribution in [2.45, 2.75) is 39.2 Å². The minimum absolute atomic E-state index is 0.0223. The molecule has 1 aromatic rings. The topological polar surface area (TPSA) is 45.5 Å². The number of rotatable bonds is 3. The molecule has 17 heavy (non-hydrogen) atoms. The molecule has 1 N–H and O–H groups in total. The molecule has 0 saturated carbocycles. The summed E-state index contributed by atoms with van der Waals surface area (Å²) in [5.41, 5.74) is 1.15. The lowest BCUT2D eigenvalue weighted by Crippen LogP contribution is -2.42. The molecule has 0 bridgehead atoms. The van der Waals surface area contributed by atoms with Gasteiger partial charge in [-0.25, -0.2) is 4.79 Å². The van der Waals surface area contributed by atoms with Crippen LogP contribution in [0.3, 0.4) is 0 Å². The molecule has 1 aromatic heterocycles. The summed E-state index contributed by atoms with van der Waals surface area (Å²) in [6, 6.07) is 2.11. The normalized spacial score (nSPS) is 18.6. The highest BCUT2D eigenvalue weighted by atomic mass is 16.3. The van der Waals surface area contributed by atoms with Crippen LogP contribution in [-0.2, 0) is 6.42 Å². The highest BCUT2D eigenvalue weighted by Gasteiger charge is 2.25. The molecule has 2 rings (SSSR count). The second-order valence-corrected chi connectivity index (χ2v) is 4.37. The van der Waals surface area contributed by atoms with Crippen molar-refractivity contribution in [3.05, 3.63) is 23.7 Å². The Kier molecular flexibility index (Phi) is 3.71. The van der Waals surface area contributed by atoms with Crippen molar-refractivity contribution in [2.75, 3.05) is 13.1 Å². The summed E-state index contributed by atoms with van der Waals surface area (Å²) in [7, 11) is 0. The molecule has 0 fully saturated rings. The second kappa shape index (κ2) is 5.25. The Balaban J connectivity index is 2.04. The zero-order valence-electron chi connectivity index (χ0n) is 10.5. The standard InChI is InChI=1S/C13H20N2O2/c1-3-15(4-2)13(16)14-11-6-5-7-12-10(11)8-9-17-12/h8-9,11H,3-7H2,1-2H3,(H,14,16)/t11-/m1/s1. The molecule has 0 aliphatic heterocycles. The third-order valence-electron chi connectivity index (χ3n) is 3.40. The van der Waals surface area contributed by atoms with E-state index in [0.29, 0.717) is 0 Å². The summed E-state index contributed by atoms with van der Waals surface area (Å²) in [4.78, 5) is 13.8. The highest BCUT2D eigenvalue weighted by molar-refractivity contribution is 5.74. The highest BCUT2D eigenvalue weighted by Crippen LogP contribution is 2.30. The van der Waals surface area contributed by atoms with E-state index < -0.39 is 0 Å². The van der Waals surface area contributed by atoms with Gasteiger partial charge in [0.15, 0.2) is 0 Å². The number of carbonyl (C=O) groups excluding carboxylic acids is 1. The molecule has 4 nitrogen and oxygen atoms in total. The Hall–Kier alpha value is -1.45. The number of nitrogens with one attached hydrogen (secondary N) is 1. The minimum atomic E-state index is 0.0223. The van der Waals surface area contributed by atoms with Gasteiger partial charge < -0.3 is 14.6 Å². The second-order valence-electron chi connectivity index (χ2n) is 4.37. The van der Waals surface area contributed by atoms with Gasteiger partial charge in [-0.2, -0.15) is 0 Å². The number of urea groups is 1. The van der Waals surface area contributed by atoms with Crippen molar-refractivity contribution in [1.29, 1.82) is 0 Å². The van der Waals surface area contributed by atoms with Crippen molar-refractivity contribution >= 4 is 6.03 Å². The van der Waals surface area contributed by atoms with Gasteiger partial charge in [-0.3, -0.25) is 0 Å². The number of hydrogen-bond acceptors (Lipinski definition) is 2. The van der Waals surface area contributed by atoms with Crippen LogP contribution in [0.4, 0.5) is 4.79 Å². The first-order valence-corrected chi connectivity index (χ1v) is 6.38. The molecule has 2 amide bonds. The van der Waals surface area contributed by atoms with Gasteiger partial charge in [0.25, 0.3) is 0 Å². The summed E-state index contributed by atoms with van der Waals surface area (Å²) in [5, 5.41) is 3.09. The molecule has 0 saturated heterocycles.